The van der Waals surface area contributed by atoms with Gasteiger partial charge in [0.2, 0.25) is 11.9 Å². The van der Waals surface area contributed by atoms with Crippen molar-refractivity contribution in [2.75, 3.05) is 0 Å². The van der Waals surface area contributed by atoms with Crippen LogP contribution >= 0.6 is 0 Å². The summed E-state index contributed by atoms with van der Waals surface area (Å²) in [4.78, 5) is 10.3. The molecule has 0 N–H and O–H groups in total. The Kier molecular flexibility index (Phi) is 1.46. The molecular formula is C5H4F2O2. The Bertz CT molecular complexity index is 153. The van der Waals surface area contributed by atoms with Gasteiger partial charge in [0.15, 0.2) is 0 Å². The van der Waals surface area contributed by atoms with Crippen LogP contribution in [-0.4, -0.2) is 18.3 Å². The van der Waals surface area contributed by atoms with Crippen molar-refractivity contribution in [2.45, 2.75) is 12.5 Å². The van der Waals surface area contributed by atoms with Gasteiger partial charge in [-0.05, 0) is 0 Å². The number of carbonyl (C=O) groups is 1. The average molecular weight is 134 g/mol. The van der Waals surface area contributed by atoms with Gasteiger partial charge in [0.05, 0.1) is 6.26 Å². The van der Waals surface area contributed by atoms with Crippen LogP contribution in [0.5, 0.6) is 0 Å². The molecule has 0 bridgehead atoms. The van der Waals surface area contributed by atoms with Gasteiger partial charge in [0, 0.05) is 6.08 Å². The van der Waals surface area contributed by atoms with Gasteiger partial charge >= 0.3 is 0 Å². The van der Waals surface area contributed by atoms with Crippen molar-refractivity contribution in [3.8, 4) is 0 Å². The van der Waals surface area contributed by atoms with Crippen molar-refractivity contribution >= 4 is 5.78 Å². The molecule has 1 atom stereocenters. The summed E-state index contributed by atoms with van der Waals surface area (Å²) in [6.45, 7) is 0. The van der Waals surface area contributed by atoms with Crippen LogP contribution in [0.25, 0.3) is 0 Å². The standard InChI is InChI=1S/C5H4F2O2/c6-5(7)4-3(8)1-2-9-4/h1-2,4-5H. The van der Waals surface area contributed by atoms with E-state index < -0.39 is 18.3 Å². The lowest BCUT2D eigenvalue weighted by Crippen LogP contribution is -2.24. The van der Waals surface area contributed by atoms with E-state index in [1.807, 2.05) is 0 Å². The molecule has 1 unspecified atom stereocenters. The quantitative estimate of drug-likeness (QED) is 0.528. The van der Waals surface area contributed by atoms with Gasteiger partial charge < -0.3 is 4.74 Å². The van der Waals surface area contributed by atoms with Crippen molar-refractivity contribution in [2.24, 2.45) is 0 Å². The molecule has 0 aromatic heterocycles. The summed E-state index contributed by atoms with van der Waals surface area (Å²) < 4.78 is 27.5. The Morgan fingerprint density at radius 2 is 2.33 bits per heavy atom. The maximum atomic E-state index is 11.6. The van der Waals surface area contributed by atoms with E-state index >= 15 is 0 Å². The number of hydrogen-bond acceptors (Lipinski definition) is 2. The highest BCUT2D eigenvalue weighted by molar-refractivity contribution is 5.95. The molecule has 2 nitrogen and oxygen atoms in total. The molecule has 1 rings (SSSR count). The summed E-state index contributed by atoms with van der Waals surface area (Å²) in [5.41, 5.74) is 0. The molecule has 1 aliphatic rings. The van der Waals surface area contributed by atoms with Gasteiger partial charge in [-0.25, -0.2) is 8.78 Å². The Labute approximate surface area is 50.1 Å². The number of carbonyl (C=O) groups excluding carboxylic acids is 1. The first-order valence-corrected chi connectivity index (χ1v) is 2.36. The summed E-state index contributed by atoms with van der Waals surface area (Å²) in [7, 11) is 0. The van der Waals surface area contributed by atoms with Crippen molar-refractivity contribution in [1.29, 1.82) is 0 Å². The minimum atomic E-state index is -2.72. The second kappa shape index (κ2) is 2.13. The molecular weight excluding hydrogens is 130 g/mol. The van der Waals surface area contributed by atoms with Crippen LogP contribution in [0.2, 0.25) is 0 Å². The zero-order valence-corrected chi connectivity index (χ0v) is 4.38. The van der Waals surface area contributed by atoms with Crippen molar-refractivity contribution < 1.29 is 18.3 Å². The normalized spacial score (nSPS) is 25.2. The van der Waals surface area contributed by atoms with E-state index in [0.29, 0.717) is 0 Å². The Morgan fingerprint density at radius 1 is 1.67 bits per heavy atom. The molecule has 0 aliphatic carbocycles. The van der Waals surface area contributed by atoms with Gasteiger partial charge in [-0.1, -0.05) is 0 Å². The van der Waals surface area contributed by atoms with E-state index in [0.717, 1.165) is 12.3 Å². The fourth-order valence-corrected chi connectivity index (χ4v) is 0.536. The van der Waals surface area contributed by atoms with E-state index in [2.05, 4.69) is 4.74 Å². The van der Waals surface area contributed by atoms with Crippen LogP contribution in [0.3, 0.4) is 0 Å². The van der Waals surface area contributed by atoms with Gasteiger partial charge in [0.25, 0.3) is 6.43 Å². The first-order valence-electron chi connectivity index (χ1n) is 2.36. The zero-order chi connectivity index (χ0) is 6.85. The maximum Gasteiger partial charge on any atom is 0.282 e. The lowest BCUT2D eigenvalue weighted by molar-refractivity contribution is -0.127. The summed E-state index contributed by atoms with van der Waals surface area (Å²) in [5.74, 6) is -0.662. The number of ketones is 1. The monoisotopic (exact) mass is 134 g/mol. The van der Waals surface area contributed by atoms with Gasteiger partial charge in [-0.2, -0.15) is 0 Å². The van der Waals surface area contributed by atoms with Crippen LogP contribution in [0.4, 0.5) is 8.78 Å². The van der Waals surface area contributed by atoms with E-state index in [4.69, 9.17) is 0 Å². The van der Waals surface area contributed by atoms with E-state index in [9.17, 15) is 13.6 Å². The fraction of sp³-hybridized carbons (Fsp3) is 0.400. The van der Waals surface area contributed by atoms with Crippen molar-refractivity contribution in [1.82, 2.24) is 0 Å². The number of ether oxygens (including phenoxy) is 1. The number of halogens is 2. The molecule has 50 valence electrons. The molecule has 1 aliphatic heterocycles. The summed E-state index contributed by atoms with van der Waals surface area (Å²) in [6, 6.07) is 0. The highest BCUT2D eigenvalue weighted by Gasteiger charge is 2.30. The molecule has 0 aromatic rings. The molecule has 4 heteroatoms. The first kappa shape index (κ1) is 6.19. The lowest BCUT2D eigenvalue weighted by atomic mass is 10.3. The third-order valence-electron chi connectivity index (χ3n) is 0.967. The van der Waals surface area contributed by atoms with Gasteiger partial charge in [-0.15, -0.1) is 0 Å². The minimum Gasteiger partial charge on any atom is -0.484 e. The topological polar surface area (TPSA) is 26.3 Å². The predicted molar refractivity (Wildman–Crippen MR) is 25.0 cm³/mol. The van der Waals surface area contributed by atoms with Crippen molar-refractivity contribution in [3.05, 3.63) is 12.3 Å². The minimum absolute atomic E-state index is 0.662. The maximum absolute atomic E-state index is 11.6. The second-order valence-electron chi connectivity index (χ2n) is 1.60. The highest BCUT2D eigenvalue weighted by Crippen LogP contribution is 2.12. The van der Waals surface area contributed by atoms with Crippen LogP contribution in [0, 0.1) is 0 Å². The van der Waals surface area contributed by atoms with Crippen LogP contribution in [0.15, 0.2) is 12.3 Å². The van der Waals surface area contributed by atoms with Crippen LogP contribution in [-0.2, 0) is 9.53 Å². The average Bonchev–Trinajstić information content (AvgIpc) is 2.13. The number of hydrogen-bond donors (Lipinski definition) is 0. The molecule has 1 heterocycles. The SMILES string of the molecule is O=C1C=COC1C(F)F. The molecule has 0 aromatic carbocycles. The van der Waals surface area contributed by atoms with E-state index in [-0.39, 0.29) is 0 Å². The Balaban J connectivity index is 2.56. The Morgan fingerprint density at radius 3 is 2.56 bits per heavy atom. The molecule has 0 amide bonds. The van der Waals surface area contributed by atoms with Crippen LogP contribution < -0.4 is 0 Å². The van der Waals surface area contributed by atoms with Crippen LogP contribution in [0.1, 0.15) is 0 Å². The second-order valence-corrected chi connectivity index (χ2v) is 1.60. The molecule has 0 radical (unpaired) electrons. The number of rotatable bonds is 1. The van der Waals surface area contributed by atoms with Gasteiger partial charge in [-0.3, -0.25) is 4.79 Å². The van der Waals surface area contributed by atoms with Gasteiger partial charge in [0.1, 0.15) is 0 Å². The number of alkyl halides is 2. The predicted octanol–water partition coefficient (Wildman–Crippen LogP) is 0.733. The lowest BCUT2D eigenvalue weighted by Gasteiger charge is -2.04. The fourth-order valence-electron chi connectivity index (χ4n) is 0.536. The summed E-state index contributed by atoms with van der Waals surface area (Å²) >= 11 is 0. The zero-order valence-electron chi connectivity index (χ0n) is 4.38. The summed E-state index contributed by atoms with van der Waals surface area (Å²) in [5, 5.41) is 0. The third-order valence-corrected chi connectivity index (χ3v) is 0.967. The molecule has 0 spiro atoms. The molecule has 0 saturated carbocycles. The van der Waals surface area contributed by atoms with E-state index in [1.165, 1.54) is 0 Å². The third kappa shape index (κ3) is 1.06. The highest BCUT2D eigenvalue weighted by atomic mass is 19.3. The molecule has 9 heavy (non-hydrogen) atoms. The summed E-state index contributed by atoms with van der Waals surface area (Å²) in [6.07, 6.45) is -2.28. The van der Waals surface area contributed by atoms with E-state index in [1.54, 1.807) is 0 Å². The first-order chi connectivity index (χ1) is 4.22. The molecule has 0 fully saturated rings. The Hall–Kier alpha value is -0.930. The largest absolute Gasteiger partial charge is 0.484 e. The van der Waals surface area contributed by atoms with Crippen molar-refractivity contribution in [3.63, 3.8) is 0 Å². The smallest absolute Gasteiger partial charge is 0.282 e. The molecule has 0 saturated heterocycles.